The number of likely N-dealkylation sites (N-methyl/N-ethyl adjacent to an activating group) is 1. The van der Waals surface area contributed by atoms with Gasteiger partial charge in [-0.25, -0.2) is 9.40 Å². The van der Waals surface area contributed by atoms with Crippen LogP contribution < -0.4 is 5.32 Å². The zero-order valence-corrected chi connectivity index (χ0v) is 12.5. The number of hydrogen-bond acceptors (Lipinski definition) is 3. The molecule has 110 valence electrons. The molecule has 1 N–H and O–H groups in total. The van der Waals surface area contributed by atoms with E-state index in [1.807, 2.05) is 20.2 Å². The number of rotatable bonds is 3. The van der Waals surface area contributed by atoms with Gasteiger partial charge in [0.2, 0.25) is 0 Å². The van der Waals surface area contributed by atoms with Gasteiger partial charge in [0.05, 0.1) is 6.04 Å². The van der Waals surface area contributed by atoms with Crippen LogP contribution in [0.3, 0.4) is 0 Å². The molecule has 1 aromatic rings. The Hall–Kier alpha value is -1.46. The van der Waals surface area contributed by atoms with E-state index in [-0.39, 0.29) is 23.7 Å². The number of nitrogens with zero attached hydrogens (tertiary/aromatic N) is 2. The van der Waals surface area contributed by atoms with E-state index in [1.165, 1.54) is 0 Å². The van der Waals surface area contributed by atoms with Crippen molar-refractivity contribution in [2.24, 2.45) is 0 Å². The zero-order valence-electron chi connectivity index (χ0n) is 12.5. The summed E-state index contributed by atoms with van der Waals surface area (Å²) in [5.41, 5.74) is 1.52. The minimum absolute atomic E-state index is 0.0125. The van der Waals surface area contributed by atoms with E-state index in [1.54, 1.807) is 36.1 Å². The summed E-state index contributed by atoms with van der Waals surface area (Å²) in [6.07, 6.45) is 0.847. The molecule has 0 aromatic heterocycles. The summed E-state index contributed by atoms with van der Waals surface area (Å²) < 4.78 is 13.7. The Bertz CT molecular complexity index is 504. The van der Waals surface area contributed by atoms with E-state index in [0.717, 1.165) is 18.5 Å². The molecule has 2 rings (SSSR count). The Balaban J connectivity index is 2.22. The van der Waals surface area contributed by atoms with Crippen molar-refractivity contribution >= 4 is 5.91 Å². The van der Waals surface area contributed by atoms with Crippen molar-refractivity contribution in [3.63, 3.8) is 0 Å². The minimum atomic E-state index is -0.287. The zero-order chi connectivity index (χ0) is 14.9. The average molecular weight is 279 g/mol. The SMILES string of the molecule is Cc1ccc([C@H]2CCNC2C(=O)N(C)N(C)C)cc1F. The summed E-state index contributed by atoms with van der Waals surface area (Å²) >= 11 is 0. The molecule has 0 aliphatic carbocycles. The van der Waals surface area contributed by atoms with Crippen molar-refractivity contribution in [3.8, 4) is 0 Å². The first-order valence-electron chi connectivity index (χ1n) is 6.86. The molecule has 1 amide bonds. The van der Waals surface area contributed by atoms with Crippen molar-refractivity contribution in [2.75, 3.05) is 27.7 Å². The van der Waals surface area contributed by atoms with E-state index in [2.05, 4.69) is 5.32 Å². The molecule has 0 bridgehead atoms. The highest BCUT2D eigenvalue weighted by Crippen LogP contribution is 2.29. The third-order valence-electron chi connectivity index (χ3n) is 4.03. The van der Waals surface area contributed by atoms with Crippen LogP contribution in [-0.4, -0.2) is 49.7 Å². The first kappa shape index (κ1) is 14.9. The Morgan fingerprint density at radius 2 is 2.05 bits per heavy atom. The summed E-state index contributed by atoms with van der Waals surface area (Å²) in [5.74, 6) is -0.167. The number of aryl methyl sites for hydroxylation is 1. The monoisotopic (exact) mass is 279 g/mol. The molecular weight excluding hydrogens is 257 g/mol. The van der Waals surface area contributed by atoms with Crippen LogP contribution in [0.4, 0.5) is 4.39 Å². The highest BCUT2D eigenvalue weighted by atomic mass is 19.1. The molecule has 1 heterocycles. The lowest BCUT2D eigenvalue weighted by molar-refractivity contribution is -0.144. The van der Waals surface area contributed by atoms with E-state index in [9.17, 15) is 9.18 Å². The van der Waals surface area contributed by atoms with Gasteiger partial charge in [-0.2, -0.15) is 0 Å². The molecule has 1 aliphatic heterocycles. The summed E-state index contributed by atoms with van der Waals surface area (Å²) in [7, 11) is 5.40. The first-order chi connectivity index (χ1) is 9.41. The standard InChI is InChI=1S/C15H22FN3O/c1-10-5-6-11(9-13(10)16)12-7-8-17-14(12)15(20)19(4)18(2)3/h5-6,9,12,14,17H,7-8H2,1-4H3/t12-,14?/m1/s1. The van der Waals surface area contributed by atoms with Crippen LogP contribution >= 0.6 is 0 Å². The Morgan fingerprint density at radius 1 is 1.35 bits per heavy atom. The lowest BCUT2D eigenvalue weighted by Crippen LogP contribution is -2.49. The van der Waals surface area contributed by atoms with Gasteiger partial charge in [0, 0.05) is 27.1 Å². The number of hydrogen-bond donors (Lipinski definition) is 1. The van der Waals surface area contributed by atoms with E-state index in [4.69, 9.17) is 0 Å². The fourth-order valence-corrected chi connectivity index (χ4v) is 2.56. The lowest BCUT2D eigenvalue weighted by Gasteiger charge is -2.29. The molecule has 0 spiro atoms. The molecule has 1 unspecified atom stereocenters. The fourth-order valence-electron chi connectivity index (χ4n) is 2.56. The number of hydrazine groups is 1. The van der Waals surface area contributed by atoms with Gasteiger partial charge in [-0.1, -0.05) is 12.1 Å². The molecule has 0 radical (unpaired) electrons. The Labute approximate surface area is 119 Å². The summed E-state index contributed by atoms with van der Waals surface area (Å²) in [4.78, 5) is 12.5. The lowest BCUT2D eigenvalue weighted by atomic mass is 9.90. The average Bonchev–Trinajstić information content (AvgIpc) is 2.89. The van der Waals surface area contributed by atoms with Gasteiger partial charge in [0.15, 0.2) is 0 Å². The van der Waals surface area contributed by atoms with Crippen molar-refractivity contribution in [3.05, 3.63) is 35.1 Å². The number of amides is 1. The van der Waals surface area contributed by atoms with Crippen LogP contribution in [0.25, 0.3) is 0 Å². The van der Waals surface area contributed by atoms with Crippen LogP contribution in [0.15, 0.2) is 18.2 Å². The predicted octanol–water partition coefficient (Wildman–Crippen LogP) is 1.51. The maximum atomic E-state index is 13.7. The van der Waals surface area contributed by atoms with Gasteiger partial charge in [-0.15, -0.1) is 0 Å². The Kier molecular flexibility index (Phi) is 4.40. The highest BCUT2D eigenvalue weighted by molar-refractivity contribution is 5.82. The van der Waals surface area contributed by atoms with Gasteiger partial charge in [0.1, 0.15) is 5.82 Å². The van der Waals surface area contributed by atoms with Gasteiger partial charge in [0.25, 0.3) is 5.91 Å². The second-order valence-electron chi connectivity index (χ2n) is 5.54. The number of carbonyl (C=O) groups is 1. The van der Waals surface area contributed by atoms with Gasteiger partial charge >= 0.3 is 0 Å². The fraction of sp³-hybridized carbons (Fsp3) is 0.533. The van der Waals surface area contributed by atoms with Gasteiger partial charge < -0.3 is 5.32 Å². The van der Waals surface area contributed by atoms with Crippen molar-refractivity contribution in [2.45, 2.75) is 25.3 Å². The van der Waals surface area contributed by atoms with Crippen LogP contribution in [-0.2, 0) is 4.79 Å². The molecule has 5 heteroatoms. The summed E-state index contributed by atoms with van der Waals surface area (Å²) in [6, 6.07) is 4.97. The van der Waals surface area contributed by atoms with Crippen molar-refractivity contribution < 1.29 is 9.18 Å². The van der Waals surface area contributed by atoms with E-state index in [0.29, 0.717) is 5.56 Å². The second kappa shape index (κ2) is 5.89. The molecule has 1 aliphatic rings. The molecule has 1 fully saturated rings. The third kappa shape index (κ3) is 2.83. The van der Waals surface area contributed by atoms with Crippen molar-refractivity contribution in [1.29, 1.82) is 0 Å². The molecule has 20 heavy (non-hydrogen) atoms. The normalized spacial score (nSPS) is 22.3. The number of benzene rings is 1. The molecule has 0 saturated carbocycles. The molecule has 1 aromatic carbocycles. The van der Waals surface area contributed by atoms with Crippen molar-refractivity contribution in [1.82, 2.24) is 15.3 Å². The number of halogens is 1. The minimum Gasteiger partial charge on any atom is -0.305 e. The predicted molar refractivity (Wildman–Crippen MR) is 76.7 cm³/mol. The van der Waals surface area contributed by atoms with Crippen LogP contribution in [0.1, 0.15) is 23.5 Å². The molecule has 1 saturated heterocycles. The molecular formula is C15H22FN3O. The number of carbonyl (C=O) groups excluding carboxylic acids is 1. The molecule has 2 atom stereocenters. The summed E-state index contributed by atoms with van der Waals surface area (Å²) in [5, 5.41) is 6.56. The van der Waals surface area contributed by atoms with Crippen LogP contribution in [0.2, 0.25) is 0 Å². The largest absolute Gasteiger partial charge is 0.305 e. The Morgan fingerprint density at radius 3 is 2.65 bits per heavy atom. The smallest absolute Gasteiger partial charge is 0.254 e. The van der Waals surface area contributed by atoms with Crippen LogP contribution in [0, 0.1) is 12.7 Å². The van der Waals surface area contributed by atoms with E-state index >= 15 is 0 Å². The first-order valence-corrected chi connectivity index (χ1v) is 6.86. The number of nitrogens with one attached hydrogen (secondary N) is 1. The second-order valence-corrected chi connectivity index (χ2v) is 5.54. The maximum absolute atomic E-state index is 13.7. The van der Waals surface area contributed by atoms with Gasteiger partial charge in [-0.05, 0) is 37.1 Å². The topological polar surface area (TPSA) is 35.6 Å². The maximum Gasteiger partial charge on any atom is 0.254 e. The van der Waals surface area contributed by atoms with E-state index < -0.39 is 0 Å². The quantitative estimate of drug-likeness (QED) is 0.852. The molecule has 4 nitrogen and oxygen atoms in total. The van der Waals surface area contributed by atoms with Gasteiger partial charge in [-0.3, -0.25) is 9.80 Å². The highest BCUT2D eigenvalue weighted by Gasteiger charge is 2.36. The third-order valence-corrected chi connectivity index (χ3v) is 4.03. The van der Waals surface area contributed by atoms with Crippen LogP contribution in [0.5, 0.6) is 0 Å². The summed E-state index contributed by atoms with van der Waals surface area (Å²) in [6.45, 7) is 2.52.